The smallest absolute Gasteiger partial charge is 0.241 e. The number of benzene rings is 1. The highest BCUT2D eigenvalue weighted by Gasteiger charge is 2.39. The van der Waals surface area contributed by atoms with Gasteiger partial charge in [-0.25, -0.2) is 0 Å². The van der Waals surface area contributed by atoms with Crippen molar-refractivity contribution < 1.29 is 4.79 Å². The van der Waals surface area contributed by atoms with Crippen LogP contribution in [0.25, 0.3) is 0 Å². The minimum Gasteiger partial charge on any atom is -0.319 e. The molecule has 1 heterocycles. The summed E-state index contributed by atoms with van der Waals surface area (Å²) in [6, 6.07) is 8.50. The van der Waals surface area contributed by atoms with Gasteiger partial charge in [0.15, 0.2) is 0 Å². The summed E-state index contributed by atoms with van der Waals surface area (Å²) in [5.74, 6) is 0.895. The van der Waals surface area contributed by atoms with E-state index in [0.717, 1.165) is 12.8 Å². The Morgan fingerprint density at radius 3 is 2.48 bits per heavy atom. The molecule has 3 atom stereocenters. The summed E-state index contributed by atoms with van der Waals surface area (Å²) in [4.78, 5) is 14.6. The first kappa shape index (κ1) is 16.0. The van der Waals surface area contributed by atoms with Gasteiger partial charge in [0.25, 0.3) is 0 Å². The van der Waals surface area contributed by atoms with Crippen LogP contribution in [0.5, 0.6) is 0 Å². The number of amides is 1. The SMILES string of the molecule is Cc1ccccc1C1NC(C)C(=O)N1C(C)CCC(C)C. The second kappa shape index (κ2) is 6.61. The summed E-state index contributed by atoms with van der Waals surface area (Å²) in [5, 5.41) is 3.46. The van der Waals surface area contributed by atoms with E-state index in [1.165, 1.54) is 11.1 Å². The molecule has 1 aliphatic heterocycles. The van der Waals surface area contributed by atoms with Crippen LogP contribution in [0, 0.1) is 12.8 Å². The van der Waals surface area contributed by atoms with Gasteiger partial charge in [0, 0.05) is 6.04 Å². The summed E-state index contributed by atoms with van der Waals surface area (Å²) in [5.41, 5.74) is 2.45. The molecule has 0 aliphatic carbocycles. The largest absolute Gasteiger partial charge is 0.319 e. The van der Waals surface area contributed by atoms with Gasteiger partial charge in [-0.15, -0.1) is 0 Å². The fraction of sp³-hybridized carbons (Fsp3) is 0.611. The number of hydrogen-bond acceptors (Lipinski definition) is 2. The molecule has 2 rings (SSSR count). The molecule has 1 N–H and O–H groups in total. The predicted molar refractivity (Wildman–Crippen MR) is 86.9 cm³/mol. The zero-order valence-electron chi connectivity index (χ0n) is 13.9. The van der Waals surface area contributed by atoms with Crippen molar-refractivity contribution >= 4 is 5.91 Å². The fourth-order valence-electron chi connectivity index (χ4n) is 3.06. The normalized spacial score (nSPS) is 23.9. The molecular weight excluding hydrogens is 260 g/mol. The number of rotatable bonds is 5. The van der Waals surface area contributed by atoms with Gasteiger partial charge in [-0.1, -0.05) is 38.1 Å². The average molecular weight is 288 g/mol. The van der Waals surface area contributed by atoms with Crippen molar-refractivity contribution in [2.45, 2.75) is 65.7 Å². The minimum absolute atomic E-state index is 0.0101. The maximum Gasteiger partial charge on any atom is 0.241 e. The molecule has 1 fully saturated rings. The maximum absolute atomic E-state index is 12.5. The predicted octanol–water partition coefficient (Wildman–Crippen LogP) is 3.64. The van der Waals surface area contributed by atoms with Crippen molar-refractivity contribution in [1.82, 2.24) is 10.2 Å². The van der Waals surface area contributed by atoms with Crippen molar-refractivity contribution in [3.63, 3.8) is 0 Å². The molecule has 116 valence electrons. The Morgan fingerprint density at radius 2 is 1.86 bits per heavy atom. The standard InChI is InChI=1S/C18H28N2O/c1-12(2)10-11-14(4)20-17(19-15(5)18(20)21)16-9-7-6-8-13(16)3/h6-9,12,14-15,17,19H,10-11H2,1-5H3. The highest BCUT2D eigenvalue weighted by atomic mass is 16.2. The molecule has 0 saturated carbocycles. The molecule has 0 spiro atoms. The van der Waals surface area contributed by atoms with Crippen LogP contribution in [0.4, 0.5) is 0 Å². The summed E-state index contributed by atoms with van der Waals surface area (Å²) in [6.45, 7) is 10.7. The summed E-state index contributed by atoms with van der Waals surface area (Å²) in [6.07, 6.45) is 2.22. The van der Waals surface area contributed by atoms with Gasteiger partial charge in [0.2, 0.25) is 5.91 Å². The number of nitrogens with one attached hydrogen (secondary N) is 1. The van der Waals surface area contributed by atoms with E-state index in [1.54, 1.807) is 0 Å². The van der Waals surface area contributed by atoms with Crippen molar-refractivity contribution in [2.24, 2.45) is 5.92 Å². The van der Waals surface area contributed by atoms with Gasteiger partial charge in [-0.3, -0.25) is 10.1 Å². The third-order valence-corrected chi connectivity index (χ3v) is 4.43. The zero-order chi connectivity index (χ0) is 15.6. The van der Waals surface area contributed by atoms with Crippen molar-refractivity contribution in [3.8, 4) is 0 Å². The average Bonchev–Trinajstić information content (AvgIpc) is 2.73. The lowest BCUT2D eigenvalue weighted by Crippen LogP contribution is -2.38. The molecule has 0 bridgehead atoms. The van der Waals surface area contributed by atoms with Gasteiger partial charge in [-0.2, -0.15) is 0 Å². The van der Waals surface area contributed by atoms with E-state index in [0.29, 0.717) is 5.92 Å². The number of carbonyl (C=O) groups is 1. The van der Waals surface area contributed by atoms with Crippen molar-refractivity contribution in [1.29, 1.82) is 0 Å². The van der Waals surface area contributed by atoms with E-state index in [9.17, 15) is 4.79 Å². The number of nitrogens with zero attached hydrogens (tertiary/aromatic N) is 1. The first-order valence-corrected chi connectivity index (χ1v) is 8.05. The van der Waals surface area contributed by atoms with E-state index in [-0.39, 0.29) is 24.2 Å². The van der Waals surface area contributed by atoms with Gasteiger partial charge in [0.1, 0.15) is 6.17 Å². The Bertz CT molecular complexity index is 498. The second-order valence-electron chi connectivity index (χ2n) is 6.71. The Hall–Kier alpha value is -1.35. The third-order valence-electron chi connectivity index (χ3n) is 4.43. The third kappa shape index (κ3) is 3.46. The number of aryl methyl sites for hydroxylation is 1. The monoisotopic (exact) mass is 288 g/mol. The van der Waals surface area contributed by atoms with Crippen LogP contribution in [-0.4, -0.2) is 22.9 Å². The molecule has 3 heteroatoms. The van der Waals surface area contributed by atoms with Crippen LogP contribution >= 0.6 is 0 Å². The van der Waals surface area contributed by atoms with Gasteiger partial charge in [0.05, 0.1) is 6.04 Å². The molecule has 3 unspecified atom stereocenters. The van der Waals surface area contributed by atoms with E-state index >= 15 is 0 Å². The fourth-order valence-corrected chi connectivity index (χ4v) is 3.06. The van der Waals surface area contributed by atoms with Crippen LogP contribution in [0.2, 0.25) is 0 Å². The van der Waals surface area contributed by atoms with Gasteiger partial charge >= 0.3 is 0 Å². The molecule has 1 aliphatic rings. The first-order valence-electron chi connectivity index (χ1n) is 8.05. The van der Waals surface area contributed by atoms with E-state index in [1.807, 2.05) is 13.0 Å². The van der Waals surface area contributed by atoms with Gasteiger partial charge < -0.3 is 4.90 Å². The van der Waals surface area contributed by atoms with Crippen LogP contribution in [0.1, 0.15) is 57.8 Å². The summed E-state index contributed by atoms with van der Waals surface area (Å²) in [7, 11) is 0. The Balaban J connectivity index is 2.23. The van der Waals surface area contributed by atoms with Crippen molar-refractivity contribution in [2.75, 3.05) is 0 Å². The van der Waals surface area contributed by atoms with E-state index in [4.69, 9.17) is 0 Å². The molecule has 3 nitrogen and oxygen atoms in total. The Labute approximate surface area is 128 Å². The van der Waals surface area contributed by atoms with Crippen LogP contribution in [-0.2, 0) is 4.79 Å². The highest BCUT2D eigenvalue weighted by molar-refractivity contribution is 5.84. The molecular formula is C18H28N2O. The minimum atomic E-state index is -0.101. The van der Waals surface area contributed by atoms with Crippen LogP contribution in [0.15, 0.2) is 24.3 Å². The van der Waals surface area contributed by atoms with Crippen molar-refractivity contribution in [3.05, 3.63) is 35.4 Å². The molecule has 1 saturated heterocycles. The number of hydrogen-bond donors (Lipinski definition) is 1. The Kier molecular flexibility index (Phi) is 5.04. The molecule has 1 amide bonds. The molecule has 0 radical (unpaired) electrons. The first-order chi connectivity index (χ1) is 9.91. The van der Waals surface area contributed by atoms with E-state index < -0.39 is 0 Å². The highest BCUT2D eigenvalue weighted by Crippen LogP contribution is 2.31. The second-order valence-corrected chi connectivity index (χ2v) is 6.71. The quantitative estimate of drug-likeness (QED) is 0.897. The molecule has 21 heavy (non-hydrogen) atoms. The molecule has 1 aromatic rings. The Morgan fingerprint density at radius 1 is 1.19 bits per heavy atom. The summed E-state index contributed by atoms with van der Waals surface area (Å²) >= 11 is 0. The maximum atomic E-state index is 12.5. The van der Waals surface area contributed by atoms with Crippen LogP contribution < -0.4 is 5.32 Å². The lowest BCUT2D eigenvalue weighted by molar-refractivity contribution is -0.132. The lowest BCUT2D eigenvalue weighted by Gasteiger charge is -2.32. The lowest BCUT2D eigenvalue weighted by atomic mass is 10.0. The molecule has 0 aromatic heterocycles. The summed E-state index contributed by atoms with van der Waals surface area (Å²) < 4.78 is 0. The zero-order valence-corrected chi connectivity index (χ0v) is 13.9. The van der Waals surface area contributed by atoms with Gasteiger partial charge in [-0.05, 0) is 50.7 Å². The van der Waals surface area contributed by atoms with E-state index in [2.05, 4.69) is 56.1 Å². The number of carbonyl (C=O) groups excluding carboxylic acids is 1. The topological polar surface area (TPSA) is 32.3 Å². The molecule has 1 aromatic carbocycles. The van der Waals surface area contributed by atoms with Crippen LogP contribution in [0.3, 0.4) is 0 Å².